The van der Waals surface area contributed by atoms with E-state index in [4.69, 9.17) is 10.2 Å². The first-order chi connectivity index (χ1) is 18.0. The van der Waals surface area contributed by atoms with Crippen LogP contribution in [0.2, 0.25) is 0 Å². The SMILES string of the molecule is O=C(OCC(F)(F)C(F)(F)C(F)(F)C(F)(F)C(F)(F)C(F)(F)COC(=O)c1ccc(O)cc1)c1ccc(O)cc1. The smallest absolute Gasteiger partial charge is 0.384 e. The summed E-state index contributed by atoms with van der Waals surface area (Å²) in [5, 5.41) is 18.1. The molecule has 6 nitrogen and oxygen atoms in total. The average molecular weight is 602 g/mol. The van der Waals surface area contributed by atoms with Crippen molar-refractivity contribution in [2.75, 3.05) is 13.2 Å². The highest BCUT2D eigenvalue weighted by atomic mass is 19.4. The number of carbonyl (C=O) groups excluding carboxylic acids is 2. The second kappa shape index (κ2) is 10.6. The molecule has 0 aliphatic rings. The molecule has 0 aliphatic heterocycles. The van der Waals surface area contributed by atoms with E-state index in [1.807, 2.05) is 0 Å². The normalized spacial score (nSPS) is 13.6. The highest BCUT2D eigenvalue weighted by molar-refractivity contribution is 5.90. The molecule has 0 unspecified atom stereocenters. The molecule has 0 heterocycles. The number of ether oxygens (including phenoxy) is 2. The fraction of sp³-hybridized carbons (Fsp3) is 0.364. The van der Waals surface area contributed by atoms with E-state index in [1.54, 1.807) is 0 Å². The van der Waals surface area contributed by atoms with Crippen LogP contribution in [0.1, 0.15) is 20.7 Å². The zero-order chi connectivity index (χ0) is 30.9. The van der Waals surface area contributed by atoms with Crippen LogP contribution in [0.4, 0.5) is 52.7 Å². The van der Waals surface area contributed by atoms with E-state index >= 15 is 0 Å². The Kier molecular flexibility index (Phi) is 8.58. The first-order valence-electron chi connectivity index (χ1n) is 10.2. The van der Waals surface area contributed by atoms with Gasteiger partial charge in [-0.25, -0.2) is 9.59 Å². The maximum Gasteiger partial charge on any atom is 0.384 e. The van der Waals surface area contributed by atoms with Crippen LogP contribution in [0.25, 0.3) is 0 Å². The summed E-state index contributed by atoms with van der Waals surface area (Å²) < 4.78 is 175. The van der Waals surface area contributed by atoms with Gasteiger partial charge in [0.15, 0.2) is 13.2 Å². The zero-order valence-corrected chi connectivity index (χ0v) is 19.1. The monoisotopic (exact) mass is 602 g/mol. The molecule has 2 N–H and O–H groups in total. The Balaban J connectivity index is 2.26. The first kappa shape index (κ1) is 32.4. The molecule has 2 aromatic carbocycles. The van der Waals surface area contributed by atoms with Crippen molar-refractivity contribution >= 4 is 11.9 Å². The van der Waals surface area contributed by atoms with Crippen molar-refractivity contribution in [3.8, 4) is 11.5 Å². The highest BCUT2D eigenvalue weighted by Crippen LogP contribution is 2.60. The summed E-state index contributed by atoms with van der Waals surface area (Å²) in [7, 11) is 0. The molecular weight excluding hydrogens is 588 g/mol. The molecule has 222 valence electrons. The van der Waals surface area contributed by atoms with Gasteiger partial charge < -0.3 is 19.7 Å². The number of esters is 2. The summed E-state index contributed by atoms with van der Waals surface area (Å²) in [5.41, 5.74) is -1.47. The molecule has 0 aliphatic carbocycles. The molecule has 0 bridgehead atoms. The molecule has 0 atom stereocenters. The summed E-state index contributed by atoms with van der Waals surface area (Å²) in [5.74, 6) is -48.8. The third-order valence-corrected chi connectivity index (χ3v) is 5.08. The van der Waals surface area contributed by atoms with Gasteiger partial charge in [-0.15, -0.1) is 0 Å². The first-order valence-corrected chi connectivity index (χ1v) is 10.2. The predicted octanol–water partition coefficient (Wildman–Crippen LogP) is 5.92. The lowest BCUT2D eigenvalue weighted by Crippen LogP contribution is -2.71. The Morgan fingerprint density at radius 3 is 1.00 bits per heavy atom. The molecule has 0 radical (unpaired) electrons. The Hall–Kier alpha value is -3.86. The largest absolute Gasteiger partial charge is 0.508 e. The number of hydrogen-bond donors (Lipinski definition) is 2. The van der Waals surface area contributed by atoms with Gasteiger partial charge in [0, 0.05) is 0 Å². The quantitative estimate of drug-likeness (QED) is 0.245. The van der Waals surface area contributed by atoms with E-state index < -0.39 is 83.3 Å². The number of benzene rings is 2. The Labute approximate surface area is 214 Å². The third-order valence-electron chi connectivity index (χ3n) is 5.08. The van der Waals surface area contributed by atoms with Gasteiger partial charge >= 0.3 is 47.5 Å². The Morgan fingerprint density at radius 2 is 0.750 bits per heavy atom. The summed E-state index contributed by atoms with van der Waals surface area (Å²) >= 11 is 0. The molecule has 0 amide bonds. The molecule has 0 saturated carbocycles. The fourth-order valence-corrected chi connectivity index (χ4v) is 2.71. The summed E-state index contributed by atoms with van der Waals surface area (Å²) in [6, 6.07) is 5.76. The molecule has 2 rings (SSSR count). The van der Waals surface area contributed by atoms with Crippen LogP contribution in [-0.2, 0) is 9.47 Å². The van der Waals surface area contributed by atoms with Crippen LogP contribution < -0.4 is 0 Å². The number of phenolic OH excluding ortho intramolecular Hbond substituents is 2. The Morgan fingerprint density at radius 1 is 0.500 bits per heavy atom. The topological polar surface area (TPSA) is 93.1 Å². The second-order valence-electron chi connectivity index (χ2n) is 7.95. The predicted molar refractivity (Wildman–Crippen MR) is 106 cm³/mol. The molecule has 0 fully saturated rings. The van der Waals surface area contributed by atoms with Crippen molar-refractivity contribution in [3.05, 3.63) is 59.7 Å². The van der Waals surface area contributed by atoms with Gasteiger partial charge in [0.25, 0.3) is 0 Å². The van der Waals surface area contributed by atoms with Crippen molar-refractivity contribution in [3.63, 3.8) is 0 Å². The lowest BCUT2D eigenvalue weighted by molar-refractivity contribution is -0.427. The lowest BCUT2D eigenvalue weighted by Gasteiger charge is -2.41. The minimum absolute atomic E-state index is 0.483. The average Bonchev–Trinajstić information content (AvgIpc) is 2.86. The molecule has 0 aromatic heterocycles. The molecule has 2 aromatic rings. The minimum Gasteiger partial charge on any atom is -0.508 e. The highest BCUT2D eigenvalue weighted by Gasteiger charge is 2.90. The van der Waals surface area contributed by atoms with Gasteiger partial charge in [-0.1, -0.05) is 0 Å². The van der Waals surface area contributed by atoms with E-state index in [0.717, 1.165) is 24.3 Å². The number of rotatable bonds is 11. The fourth-order valence-electron chi connectivity index (χ4n) is 2.71. The lowest BCUT2D eigenvalue weighted by atomic mass is 9.91. The standard InChI is InChI=1S/C22H14F12O6/c23-17(24,9-39-15(37)11-1-5-13(35)6-2-11)19(27,28)21(31,32)22(33,34)20(29,30)18(25,26)10-40-16(38)12-3-7-14(36)8-4-12/h1-8,35-36H,9-10H2. The van der Waals surface area contributed by atoms with Gasteiger partial charge in [0.05, 0.1) is 11.1 Å². The summed E-state index contributed by atoms with van der Waals surface area (Å²) in [6.45, 7) is -6.20. The maximum absolute atomic E-state index is 14.0. The van der Waals surface area contributed by atoms with Gasteiger partial charge in [-0.3, -0.25) is 0 Å². The van der Waals surface area contributed by atoms with Crippen LogP contribution in [0, 0.1) is 0 Å². The minimum atomic E-state index is -7.93. The van der Waals surface area contributed by atoms with Crippen LogP contribution in [0.5, 0.6) is 11.5 Å². The van der Waals surface area contributed by atoms with E-state index in [1.165, 1.54) is 0 Å². The molecule has 0 spiro atoms. The van der Waals surface area contributed by atoms with Crippen LogP contribution in [0.15, 0.2) is 48.5 Å². The van der Waals surface area contributed by atoms with E-state index in [9.17, 15) is 62.3 Å². The molecule has 0 saturated heterocycles. The molecule has 40 heavy (non-hydrogen) atoms. The van der Waals surface area contributed by atoms with E-state index in [-0.39, 0.29) is 0 Å². The maximum atomic E-state index is 14.0. The van der Waals surface area contributed by atoms with Crippen molar-refractivity contribution in [2.24, 2.45) is 0 Å². The van der Waals surface area contributed by atoms with Gasteiger partial charge in [0.1, 0.15) is 11.5 Å². The molecular formula is C22H14F12O6. The van der Waals surface area contributed by atoms with Gasteiger partial charge in [-0.2, -0.15) is 52.7 Å². The number of aromatic hydroxyl groups is 2. The van der Waals surface area contributed by atoms with Gasteiger partial charge in [-0.05, 0) is 48.5 Å². The van der Waals surface area contributed by atoms with Crippen molar-refractivity contribution in [2.45, 2.75) is 35.5 Å². The number of phenols is 2. The number of hydrogen-bond acceptors (Lipinski definition) is 6. The summed E-state index contributed by atoms with van der Waals surface area (Å²) in [6.07, 6.45) is 0. The van der Waals surface area contributed by atoms with E-state index in [0.29, 0.717) is 24.3 Å². The second-order valence-corrected chi connectivity index (χ2v) is 7.95. The third kappa shape index (κ3) is 5.70. The van der Waals surface area contributed by atoms with Crippen molar-refractivity contribution in [1.29, 1.82) is 0 Å². The number of halogens is 12. The van der Waals surface area contributed by atoms with E-state index in [2.05, 4.69) is 9.47 Å². The molecule has 18 heteroatoms. The Bertz CT molecular complexity index is 1120. The zero-order valence-electron chi connectivity index (χ0n) is 19.1. The number of carbonyl (C=O) groups is 2. The number of alkyl halides is 12. The van der Waals surface area contributed by atoms with Gasteiger partial charge in [0.2, 0.25) is 0 Å². The van der Waals surface area contributed by atoms with Crippen molar-refractivity contribution < 1.29 is 82.0 Å². The summed E-state index contributed by atoms with van der Waals surface area (Å²) in [4.78, 5) is 23.2. The van der Waals surface area contributed by atoms with Crippen LogP contribution >= 0.6 is 0 Å². The van der Waals surface area contributed by atoms with Crippen LogP contribution in [0.3, 0.4) is 0 Å². The van der Waals surface area contributed by atoms with Crippen LogP contribution in [-0.4, -0.2) is 70.9 Å². The van der Waals surface area contributed by atoms with Crippen molar-refractivity contribution in [1.82, 2.24) is 0 Å².